The lowest BCUT2D eigenvalue weighted by Gasteiger charge is -2.19. The molecular weight excluding hydrogens is 484 g/mol. The maximum Gasteiger partial charge on any atom is 0.225 e. The van der Waals surface area contributed by atoms with Gasteiger partial charge in [0.15, 0.2) is 0 Å². The first-order valence-corrected chi connectivity index (χ1v) is 14.7. The molecule has 0 aliphatic heterocycles. The number of ketones is 1. The highest BCUT2D eigenvalue weighted by atomic mass is 16.2. The Morgan fingerprint density at radius 3 is 1.68 bits per heavy atom. The maximum atomic E-state index is 13.0. The average Bonchev–Trinajstić information content (AvgIpc) is 3.65. The van der Waals surface area contributed by atoms with Crippen LogP contribution in [0.2, 0.25) is 0 Å². The van der Waals surface area contributed by atoms with E-state index in [1.165, 1.54) is 6.92 Å². The fourth-order valence-electron chi connectivity index (χ4n) is 7.33. The van der Waals surface area contributed by atoms with Crippen molar-refractivity contribution in [1.29, 1.82) is 0 Å². The zero-order chi connectivity index (χ0) is 27.4. The van der Waals surface area contributed by atoms with E-state index in [4.69, 9.17) is 0 Å². The van der Waals surface area contributed by atoms with Gasteiger partial charge >= 0.3 is 0 Å². The van der Waals surface area contributed by atoms with Crippen LogP contribution in [0.1, 0.15) is 90.4 Å². The molecule has 0 saturated heterocycles. The van der Waals surface area contributed by atoms with E-state index >= 15 is 0 Å². The molecule has 3 N–H and O–H groups in total. The van der Waals surface area contributed by atoms with E-state index in [1.807, 2.05) is 0 Å². The molecule has 4 aliphatic carbocycles. The Morgan fingerprint density at radius 1 is 0.605 bits per heavy atom. The second-order valence-electron chi connectivity index (χ2n) is 12.6. The summed E-state index contributed by atoms with van der Waals surface area (Å²) in [7, 11) is 3.54. The first-order chi connectivity index (χ1) is 18.1. The fraction of sp³-hybridized carbons (Fsp3) is 0.828. The van der Waals surface area contributed by atoms with Crippen LogP contribution in [0.3, 0.4) is 0 Å². The normalized spacial score (nSPS) is 34.6. The van der Waals surface area contributed by atoms with Gasteiger partial charge in [-0.1, -0.05) is 0 Å². The molecule has 9 heteroatoms. The van der Waals surface area contributed by atoms with E-state index in [0.29, 0.717) is 19.3 Å². The van der Waals surface area contributed by atoms with Crippen LogP contribution in [0.4, 0.5) is 0 Å². The first-order valence-electron chi connectivity index (χ1n) is 14.7. The number of carbonyl (C=O) groups excluding carboxylic acids is 5. The lowest BCUT2D eigenvalue weighted by molar-refractivity contribution is -0.133. The summed E-state index contributed by atoms with van der Waals surface area (Å²) in [5.41, 5.74) is 0. The molecule has 4 fully saturated rings. The van der Waals surface area contributed by atoms with Crippen LogP contribution in [0.5, 0.6) is 0 Å². The highest BCUT2D eigenvalue weighted by Gasteiger charge is 2.38. The number of amides is 4. The van der Waals surface area contributed by atoms with Gasteiger partial charge in [-0.15, -0.1) is 0 Å². The number of rotatable bonds is 9. The zero-order valence-corrected chi connectivity index (χ0v) is 23.3. The maximum absolute atomic E-state index is 13.0. The molecule has 0 aromatic carbocycles. The van der Waals surface area contributed by atoms with Gasteiger partial charge in [-0.2, -0.15) is 0 Å². The second-order valence-corrected chi connectivity index (χ2v) is 12.6. The van der Waals surface area contributed by atoms with E-state index in [2.05, 4.69) is 16.0 Å². The number of Topliss-reactive ketones (excluding diaryl/α,β-unsaturated/α-hetero) is 1. The number of hydrogen-bond donors (Lipinski definition) is 3. The van der Waals surface area contributed by atoms with Gasteiger partial charge in [0.05, 0.1) is 0 Å². The van der Waals surface area contributed by atoms with Crippen LogP contribution >= 0.6 is 0 Å². The van der Waals surface area contributed by atoms with Crippen molar-refractivity contribution in [3.8, 4) is 0 Å². The summed E-state index contributed by atoms with van der Waals surface area (Å²) in [5, 5.41) is 9.28. The predicted molar refractivity (Wildman–Crippen MR) is 143 cm³/mol. The Morgan fingerprint density at radius 2 is 1.08 bits per heavy atom. The number of nitrogens with one attached hydrogen (secondary N) is 3. The summed E-state index contributed by atoms with van der Waals surface area (Å²) >= 11 is 0. The Hall–Kier alpha value is -2.45. The van der Waals surface area contributed by atoms with Gasteiger partial charge in [-0.3, -0.25) is 24.0 Å². The fourth-order valence-corrected chi connectivity index (χ4v) is 7.33. The predicted octanol–water partition coefficient (Wildman–Crippen LogP) is 2.32. The van der Waals surface area contributed by atoms with Gasteiger partial charge in [-0.25, -0.2) is 0 Å². The lowest BCUT2D eigenvalue weighted by Crippen LogP contribution is -2.40. The van der Waals surface area contributed by atoms with Crippen LogP contribution in [0.15, 0.2) is 0 Å². The Labute approximate surface area is 226 Å². The van der Waals surface area contributed by atoms with E-state index in [9.17, 15) is 24.0 Å². The summed E-state index contributed by atoms with van der Waals surface area (Å²) < 4.78 is 0. The van der Waals surface area contributed by atoms with Gasteiger partial charge in [0.1, 0.15) is 5.78 Å². The Kier molecular flexibility index (Phi) is 9.47. The number of carbonyl (C=O) groups is 5. The average molecular weight is 531 g/mol. The van der Waals surface area contributed by atoms with E-state index in [-0.39, 0.29) is 77.1 Å². The van der Waals surface area contributed by atoms with E-state index in [1.54, 1.807) is 19.0 Å². The van der Waals surface area contributed by atoms with Gasteiger partial charge in [-0.05, 0) is 83.0 Å². The van der Waals surface area contributed by atoms with Crippen LogP contribution in [-0.2, 0) is 24.0 Å². The minimum absolute atomic E-state index is 0.00438. The minimum atomic E-state index is -0.0921. The summed E-state index contributed by atoms with van der Waals surface area (Å²) in [4.78, 5) is 63.8. The van der Waals surface area contributed by atoms with Crippen molar-refractivity contribution < 1.29 is 24.0 Å². The van der Waals surface area contributed by atoms with Crippen molar-refractivity contribution >= 4 is 29.4 Å². The summed E-state index contributed by atoms with van der Waals surface area (Å²) in [6, 6.07) is 0.196. The molecule has 4 amide bonds. The standard InChI is InChI=1S/C29H46N4O5/c1-17(34)30-23-9-6-19(14-23)26(35)13-18-4-5-20(12-18)27(36)31-24-10-7-21(15-24)28(37)32-25-11-8-22(16-25)29(38)33(2)3/h18-25H,4-16H2,1-3H3,(H,30,34)(H,31,36)(H,32,37)/t18-,19-,20+,21-,22-,23-,24+,25-/m0/s1. The highest BCUT2D eigenvalue weighted by Crippen LogP contribution is 2.37. The molecule has 4 saturated carbocycles. The van der Waals surface area contributed by atoms with Crippen LogP contribution in [0, 0.1) is 29.6 Å². The third-order valence-corrected chi connectivity index (χ3v) is 9.42. The molecule has 0 bridgehead atoms. The molecule has 4 aliphatic rings. The molecule has 0 unspecified atom stereocenters. The third-order valence-electron chi connectivity index (χ3n) is 9.42. The van der Waals surface area contributed by atoms with Crippen molar-refractivity contribution in [2.45, 2.75) is 109 Å². The van der Waals surface area contributed by atoms with Crippen LogP contribution in [0.25, 0.3) is 0 Å². The van der Waals surface area contributed by atoms with Gasteiger partial charge in [0.25, 0.3) is 0 Å². The molecule has 4 rings (SSSR count). The van der Waals surface area contributed by atoms with Crippen molar-refractivity contribution in [2.24, 2.45) is 29.6 Å². The van der Waals surface area contributed by atoms with Gasteiger partial charge in [0.2, 0.25) is 23.6 Å². The zero-order valence-electron chi connectivity index (χ0n) is 23.3. The molecular formula is C29H46N4O5. The number of hydrogen-bond acceptors (Lipinski definition) is 5. The van der Waals surface area contributed by atoms with Crippen molar-refractivity contribution in [2.75, 3.05) is 14.1 Å². The third kappa shape index (κ3) is 7.35. The molecule has 9 nitrogen and oxygen atoms in total. The molecule has 8 atom stereocenters. The largest absolute Gasteiger partial charge is 0.354 e. The Balaban J connectivity index is 1.14. The van der Waals surface area contributed by atoms with Gasteiger partial charge < -0.3 is 20.9 Å². The quantitative estimate of drug-likeness (QED) is 0.422. The monoisotopic (exact) mass is 530 g/mol. The van der Waals surface area contributed by atoms with Gasteiger partial charge in [0, 0.05) is 69.2 Å². The van der Waals surface area contributed by atoms with Crippen molar-refractivity contribution in [3.63, 3.8) is 0 Å². The molecule has 0 radical (unpaired) electrons. The number of nitrogens with zero attached hydrogens (tertiary/aromatic N) is 1. The molecule has 0 heterocycles. The first kappa shape index (κ1) is 28.6. The highest BCUT2D eigenvalue weighted by molar-refractivity contribution is 5.83. The van der Waals surface area contributed by atoms with Crippen molar-refractivity contribution in [1.82, 2.24) is 20.9 Å². The topological polar surface area (TPSA) is 125 Å². The molecule has 38 heavy (non-hydrogen) atoms. The SMILES string of the molecule is CC(=O)N[C@H]1CC[C@H](C(=O)C[C@H]2CC[C@@H](C(=O)N[C@@H]3CC[C@H](C(=O)N[C@H]4CC[C@H](C(=O)N(C)C)C4)C3)C2)C1. The van der Waals surface area contributed by atoms with Crippen LogP contribution < -0.4 is 16.0 Å². The summed E-state index contributed by atoms with van der Waals surface area (Å²) in [6.07, 6.45) is 10.1. The second kappa shape index (κ2) is 12.6. The summed E-state index contributed by atoms with van der Waals surface area (Å²) in [6.45, 7) is 1.52. The van der Waals surface area contributed by atoms with E-state index in [0.717, 1.165) is 64.2 Å². The summed E-state index contributed by atoms with van der Waals surface area (Å²) in [5.74, 6) is 0.644. The van der Waals surface area contributed by atoms with Crippen molar-refractivity contribution in [3.05, 3.63) is 0 Å². The molecule has 0 aromatic heterocycles. The van der Waals surface area contributed by atoms with Crippen LogP contribution in [-0.4, -0.2) is 66.5 Å². The Bertz CT molecular complexity index is 921. The molecule has 0 aromatic rings. The molecule has 0 spiro atoms. The molecule has 212 valence electrons. The van der Waals surface area contributed by atoms with E-state index < -0.39 is 0 Å². The smallest absolute Gasteiger partial charge is 0.225 e. The lowest BCUT2D eigenvalue weighted by atomic mass is 9.91. The minimum Gasteiger partial charge on any atom is -0.354 e.